The lowest BCUT2D eigenvalue weighted by Gasteiger charge is -2.53. The molecular formula is C28H28N6O8S. The van der Waals surface area contributed by atoms with Crippen LogP contribution in [0.2, 0.25) is 0 Å². The van der Waals surface area contributed by atoms with E-state index in [0.29, 0.717) is 11.2 Å². The lowest BCUT2D eigenvalue weighted by molar-refractivity contribution is -0.159. The Labute approximate surface area is 248 Å². The van der Waals surface area contributed by atoms with Gasteiger partial charge in [0.25, 0.3) is 5.91 Å². The van der Waals surface area contributed by atoms with Crippen molar-refractivity contribution in [3.63, 3.8) is 0 Å². The van der Waals surface area contributed by atoms with Gasteiger partial charge in [0.15, 0.2) is 21.7 Å². The van der Waals surface area contributed by atoms with E-state index < -0.39 is 75.0 Å². The summed E-state index contributed by atoms with van der Waals surface area (Å²) in [6.45, 7) is 1.17. The molecule has 1 amide bonds. The van der Waals surface area contributed by atoms with Crippen LogP contribution in [0.25, 0.3) is 16.9 Å². The van der Waals surface area contributed by atoms with E-state index in [1.54, 1.807) is 0 Å². The second-order valence-corrected chi connectivity index (χ2v) is 11.8. The Morgan fingerprint density at radius 3 is 2.60 bits per heavy atom. The molecule has 224 valence electrons. The number of phenolic OH excluding ortho intramolecular Hbond substituents is 1. The maximum atomic E-state index is 14.1. The molecule has 0 aliphatic heterocycles. The topological polar surface area (TPSA) is 225 Å². The number of Topliss-reactive ketones (excluding diaryl/α,β-unsaturated/α-hetero) is 2. The number of aromatic amines is 2. The molecule has 8 N–H and O–H groups in total. The van der Waals surface area contributed by atoms with Gasteiger partial charge in [-0.3, -0.25) is 19.3 Å². The number of benzene rings is 1. The molecule has 3 aliphatic carbocycles. The summed E-state index contributed by atoms with van der Waals surface area (Å²) in [6, 6.07) is 2.97. The first-order chi connectivity index (χ1) is 20.2. The highest BCUT2D eigenvalue weighted by molar-refractivity contribution is 7.71. The lowest BCUT2D eigenvalue weighted by Crippen LogP contribution is -2.67. The van der Waals surface area contributed by atoms with Crippen LogP contribution in [0.15, 0.2) is 41.4 Å². The van der Waals surface area contributed by atoms with E-state index in [9.17, 15) is 39.9 Å². The van der Waals surface area contributed by atoms with Crippen LogP contribution in [-0.4, -0.2) is 93.6 Å². The summed E-state index contributed by atoms with van der Waals surface area (Å²) < 4.78 is 0.244. The number of aliphatic hydroxyl groups is 4. The minimum Gasteiger partial charge on any atom is -0.508 e. The lowest BCUT2D eigenvalue weighted by atomic mass is 9.54. The van der Waals surface area contributed by atoms with E-state index in [1.165, 1.54) is 50.4 Å². The molecule has 6 rings (SSSR count). The molecule has 5 atom stereocenters. The molecule has 1 aromatic carbocycles. The van der Waals surface area contributed by atoms with E-state index in [2.05, 4.69) is 25.3 Å². The quantitative estimate of drug-likeness (QED) is 0.152. The number of amides is 1. The van der Waals surface area contributed by atoms with E-state index in [-0.39, 0.29) is 34.6 Å². The largest absolute Gasteiger partial charge is 0.508 e. The number of aromatic nitrogens is 4. The predicted molar refractivity (Wildman–Crippen MR) is 152 cm³/mol. The van der Waals surface area contributed by atoms with Gasteiger partial charge in [0.05, 0.1) is 30.1 Å². The van der Waals surface area contributed by atoms with Crippen LogP contribution in [-0.2, 0) is 26.5 Å². The fourth-order valence-electron chi connectivity index (χ4n) is 6.72. The number of carbonyl (C=O) groups excluding carboxylic acids is 3. The Balaban J connectivity index is 1.44. The van der Waals surface area contributed by atoms with Crippen molar-refractivity contribution in [3.8, 4) is 5.75 Å². The van der Waals surface area contributed by atoms with Crippen LogP contribution in [0, 0.1) is 16.5 Å². The highest BCUT2D eigenvalue weighted by atomic mass is 32.1. The number of nitrogens with zero attached hydrogens (tertiary/aromatic N) is 3. The Kier molecular flexibility index (Phi) is 6.36. The number of ketones is 2. The molecule has 0 radical (unpaired) electrons. The number of aliphatic hydroxyl groups excluding tert-OH is 2. The zero-order valence-electron chi connectivity index (χ0n) is 23.2. The van der Waals surface area contributed by atoms with Crippen LogP contribution in [0.3, 0.4) is 0 Å². The van der Waals surface area contributed by atoms with Gasteiger partial charge in [-0.15, -0.1) is 0 Å². The smallest absolute Gasteiger partial charge is 0.258 e. The van der Waals surface area contributed by atoms with Gasteiger partial charge in [-0.25, -0.2) is 9.97 Å². The molecule has 1 fully saturated rings. The van der Waals surface area contributed by atoms with E-state index in [4.69, 9.17) is 12.2 Å². The van der Waals surface area contributed by atoms with Gasteiger partial charge in [0, 0.05) is 17.4 Å². The summed E-state index contributed by atoms with van der Waals surface area (Å²) in [6.07, 6.45) is 1.13. The number of imidazole rings is 1. The predicted octanol–water partition coefficient (Wildman–Crippen LogP) is 0.789. The summed E-state index contributed by atoms with van der Waals surface area (Å²) in [5, 5.41) is 59.2. The molecule has 3 aliphatic rings. The first-order valence-electron chi connectivity index (χ1n) is 13.3. The molecule has 1 saturated carbocycles. The Bertz CT molecular complexity index is 1870. The average Bonchev–Trinajstić information content (AvgIpc) is 3.37. The number of H-pyrrole nitrogens is 2. The van der Waals surface area contributed by atoms with Gasteiger partial charge in [0.1, 0.15) is 34.2 Å². The van der Waals surface area contributed by atoms with Crippen molar-refractivity contribution in [2.24, 2.45) is 11.8 Å². The molecule has 2 aromatic heterocycles. The first kappa shape index (κ1) is 28.7. The summed E-state index contributed by atoms with van der Waals surface area (Å²) in [4.78, 5) is 56.7. The monoisotopic (exact) mass is 608 g/mol. The zero-order chi connectivity index (χ0) is 31.2. The van der Waals surface area contributed by atoms with Gasteiger partial charge < -0.3 is 40.8 Å². The number of aromatic hydroxyl groups is 1. The third-order valence-corrected chi connectivity index (χ3v) is 9.08. The van der Waals surface area contributed by atoms with Crippen LogP contribution in [0.4, 0.5) is 0 Å². The summed E-state index contributed by atoms with van der Waals surface area (Å²) in [5.41, 5.74) is -5.11. The Morgan fingerprint density at radius 1 is 1.21 bits per heavy atom. The van der Waals surface area contributed by atoms with Gasteiger partial charge >= 0.3 is 0 Å². The van der Waals surface area contributed by atoms with Crippen molar-refractivity contribution in [1.82, 2.24) is 30.2 Å². The fraction of sp³-hybridized carbons (Fsp3) is 0.357. The van der Waals surface area contributed by atoms with Crippen LogP contribution >= 0.6 is 12.2 Å². The number of carbonyl (C=O) groups is 3. The zero-order valence-corrected chi connectivity index (χ0v) is 24.0. The third kappa shape index (κ3) is 3.89. The molecule has 3 aromatic rings. The van der Waals surface area contributed by atoms with Crippen LogP contribution in [0.1, 0.15) is 30.3 Å². The number of likely N-dealkylation sites (N-methyl/N-ethyl adjacent to an activating group) is 1. The maximum Gasteiger partial charge on any atom is 0.258 e. The first-order valence-corrected chi connectivity index (χ1v) is 13.7. The minimum atomic E-state index is -2.81. The van der Waals surface area contributed by atoms with Gasteiger partial charge in [-0.05, 0) is 39.1 Å². The Hall–Kier alpha value is -4.44. The number of nitrogens with one attached hydrogen (secondary N) is 3. The van der Waals surface area contributed by atoms with Crippen molar-refractivity contribution in [2.75, 3.05) is 14.1 Å². The number of hydrogen-bond donors (Lipinski definition) is 8. The van der Waals surface area contributed by atoms with Gasteiger partial charge in [-0.2, -0.15) is 0 Å². The molecule has 14 nitrogen and oxygen atoms in total. The summed E-state index contributed by atoms with van der Waals surface area (Å²) in [5.74, 6) is -7.54. The van der Waals surface area contributed by atoms with Crippen molar-refractivity contribution in [3.05, 3.63) is 63.0 Å². The molecular weight excluding hydrogens is 580 g/mol. The standard InChI is InChI=1S/C28H28N6O8S/c1-27(41)10-5-4-6-13(35)15(10)20(36)16-11(27)7-12-19(34(2)3)21(37)17(23(39)28(12,42)22(16)38)25(40)29-8-14-32-18-24(33-14)30-9-31-26(18)43/h4-6,9,11-12,19,35-36,39,41-42H,7-8H2,1-3H3,(H,29,40)(H2,30,31,32,33,43). The van der Waals surface area contributed by atoms with Crippen LogP contribution < -0.4 is 5.32 Å². The summed E-state index contributed by atoms with van der Waals surface area (Å²) in [7, 11) is 3.04. The van der Waals surface area contributed by atoms with Gasteiger partial charge in [0.2, 0.25) is 5.78 Å². The SMILES string of the molecule is CN(C)C1C(=O)C(C(=O)NCc2nc3[nH]cnc(=S)c3[nH]2)=C(O)C2(O)C(=O)C3=C(O)c4c(O)cccc4C(C)(O)C3CC12. The minimum absolute atomic E-state index is 0.155. The van der Waals surface area contributed by atoms with Crippen molar-refractivity contribution in [2.45, 2.75) is 37.1 Å². The molecule has 0 spiro atoms. The van der Waals surface area contributed by atoms with Crippen molar-refractivity contribution < 1.29 is 39.9 Å². The van der Waals surface area contributed by atoms with E-state index in [0.717, 1.165) is 0 Å². The fourth-order valence-corrected chi connectivity index (χ4v) is 6.92. The number of phenols is 1. The van der Waals surface area contributed by atoms with E-state index >= 15 is 0 Å². The highest BCUT2D eigenvalue weighted by Crippen LogP contribution is 2.57. The van der Waals surface area contributed by atoms with Crippen molar-refractivity contribution >= 4 is 46.6 Å². The second kappa shape index (κ2) is 9.54. The number of fused-ring (bicyclic) bond motifs is 4. The highest BCUT2D eigenvalue weighted by Gasteiger charge is 2.66. The molecule has 15 heteroatoms. The molecule has 5 unspecified atom stereocenters. The van der Waals surface area contributed by atoms with Gasteiger partial charge in [-0.1, -0.05) is 24.4 Å². The average molecular weight is 609 g/mol. The third-order valence-electron chi connectivity index (χ3n) is 8.77. The van der Waals surface area contributed by atoms with Crippen molar-refractivity contribution in [1.29, 1.82) is 0 Å². The maximum absolute atomic E-state index is 14.1. The van der Waals surface area contributed by atoms with Crippen LogP contribution in [0.5, 0.6) is 5.75 Å². The molecule has 0 saturated heterocycles. The number of hydrogen-bond acceptors (Lipinski definition) is 12. The number of rotatable bonds is 4. The summed E-state index contributed by atoms with van der Waals surface area (Å²) >= 11 is 5.15. The normalized spacial score (nSPS) is 28.7. The molecule has 43 heavy (non-hydrogen) atoms. The molecule has 0 bridgehead atoms. The van der Waals surface area contributed by atoms with E-state index in [1.807, 2.05) is 0 Å². The Morgan fingerprint density at radius 2 is 1.93 bits per heavy atom. The second-order valence-electron chi connectivity index (χ2n) is 11.4. The molecule has 2 heterocycles.